The highest BCUT2D eigenvalue weighted by Crippen LogP contribution is 2.32. The fraction of sp³-hybridized carbons (Fsp3) is 0.909. The minimum absolute atomic E-state index is 0.127. The molecule has 1 atom stereocenters. The van der Waals surface area contributed by atoms with Gasteiger partial charge in [-0.25, -0.2) is 0 Å². The Morgan fingerprint density at radius 3 is 2.50 bits per heavy atom. The fourth-order valence-electron chi connectivity index (χ4n) is 2.09. The monoisotopic (exact) mass is 196 g/mol. The molecule has 0 aromatic rings. The van der Waals surface area contributed by atoms with Crippen molar-refractivity contribution in [2.75, 3.05) is 13.2 Å². The Kier molecular flexibility index (Phi) is 2.40. The molecule has 0 bridgehead atoms. The third kappa shape index (κ3) is 1.84. The topological polar surface area (TPSA) is 32.3 Å². The van der Waals surface area contributed by atoms with Crippen LogP contribution in [0.25, 0.3) is 0 Å². The number of nitrogens with one attached hydrogen (secondary N) is 1. The van der Waals surface area contributed by atoms with Gasteiger partial charge in [-0.05, 0) is 12.8 Å². The van der Waals surface area contributed by atoms with E-state index in [1.165, 1.54) is 12.8 Å². The molecule has 14 heavy (non-hydrogen) atoms. The number of nitrogens with zero attached hydrogens (tertiary/aromatic N) is 1. The Morgan fingerprint density at radius 1 is 1.36 bits per heavy atom. The van der Waals surface area contributed by atoms with Crippen LogP contribution >= 0.6 is 0 Å². The summed E-state index contributed by atoms with van der Waals surface area (Å²) in [7, 11) is 0. The lowest BCUT2D eigenvalue weighted by molar-refractivity contribution is -0.130. The highest BCUT2D eigenvalue weighted by atomic mass is 16.1. The summed E-state index contributed by atoms with van der Waals surface area (Å²) in [6.07, 6.45) is 2.55. The number of rotatable bonds is 2. The predicted octanol–water partition coefficient (Wildman–Crippen LogP) is 0.995. The lowest BCUT2D eigenvalue weighted by atomic mass is 9.86. The third-order valence-electron chi connectivity index (χ3n) is 3.09. The molecule has 2 rings (SSSR count). The average molecular weight is 196 g/mol. The molecule has 0 radical (unpaired) electrons. The molecule has 1 aliphatic heterocycles. The van der Waals surface area contributed by atoms with Crippen LogP contribution in [0, 0.1) is 5.41 Å². The molecule has 1 unspecified atom stereocenters. The van der Waals surface area contributed by atoms with Crippen LogP contribution in [-0.4, -0.2) is 36.0 Å². The van der Waals surface area contributed by atoms with Gasteiger partial charge in [0.1, 0.15) is 0 Å². The summed E-state index contributed by atoms with van der Waals surface area (Å²) >= 11 is 0. The van der Waals surface area contributed by atoms with E-state index in [4.69, 9.17) is 0 Å². The minimum atomic E-state index is -0.205. The Balaban J connectivity index is 2.05. The van der Waals surface area contributed by atoms with E-state index in [-0.39, 0.29) is 11.5 Å². The number of hydrogen-bond donors (Lipinski definition) is 1. The number of carbonyl (C=O) groups excluding carboxylic acids is 1. The molecule has 2 aliphatic rings. The summed E-state index contributed by atoms with van der Waals surface area (Å²) < 4.78 is 0. The highest BCUT2D eigenvalue weighted by Gasteiger charge is 2.42. The van der Waals surface area contributed by atoms with Crippen molar-refractivity contribution in [1.29, 1.82) is 0 Å². The van der Waals surface area contributed by atoms with Crippen LogP contribution in [0.15, 0.2) is 0 Å². The first-order valence-electron chi connectivity index (χ1n) is 5.51. The minimum Gasteiger partial charge on any atom is -0.302 e. The normalized spacial score (nSPS) is 29.5. The van der Waals surface area contributed by atoms with E-state index in [0.29, 0.717) is 11.8 Å². The molecule has 1 aliphatic carbocycles. The molecule has 1 N–H and O–H groups in total. The van der Waals surface area contributed by atoms with Crippen molar-refractivity contribution in [3.63, 3.8) is 0 Å². The van der Waals surface area contributed by atoms with Gasteiger partial charge in [-0.1, -0.05) is 20.8 Å². The van der Waals surface area contributed by atoms with Crippen LogP contribution < -0.4 is 5.32 Å². The first kappa shape index (κ1) is 10.1. The first-order chi connectivity index (χ1) is 6.50. The Bertz CT molecular complexity index is 240. The van der Waals surface area contributed by atoms with E-state index in [0.717, 1.165) is 13.2 Å². The van der Waals surface area contributed by atoms with Crippen molar-refractivity contribution in [3.8, 4) is 0 Å². The highest BCUT2D eigenvalue weighted by molar-refractivity contribution is 5.89. The largest absolute Gasteiger partial charge is 0.302 e. The number of Topliss-reactive ketones (excluding diaryl/α,β-unsaturated/α-hetero) is 1. The third-order valence-corrected chi connectivity index (χ3v) is 3.09. The molecule has 1 saturated heterocycles. The van der Waals surface area contributed by atoms with E-state index in [9.17, 15) is 4.79 Å². The van der Waals surface area contributed by atoms with Crippen molar-refractivity contribution < 1.29 is 4.79 Å². The molecule has 0 aromatic carbocycles. The molecule has 3 heteroatoms. The SMILES string of the molecule is CC(C)(C)C(=O)C1CNCN1C1CC1. The van der Waals surface area contributed by atoms with Crippen LogP contribution in [0.3, 0.4) is 0 Å². The standard InChI is InChI=1S/C11H20N2O/c1-11(2,3)10(14)9-6-12-7-13(9)8-4-5-8/h8-9,12H,4-7H2,1-3H3. The molecule has 0 spiro atoms. The second-order valence-electron chi connectivity index (χ2n) is 5.49. The molecule has 80 valence electrons. The summed E-state index contributed by atoms with van der Waals surface area (Å²) in [6, 6.07) is 0.809. The van der Waals surface area contributed by atoms with E-state index in [1.54, 1.807) is 0 Å². The van der Waals surface area contributed by atoms with E-state index in [2.05, 4.69) is 10.2 Å². The quantitative estimate of drug-likeness (QED) is 0.715. The Hall–Kier alpha value is -0.410. The van der Waals surface area contributed by atoms with Crippen molar-refractivity contribution in [2.45, 2.75) is 45.7 Å². The average Bonchev–Trinajstić information content (AvgIpc) is 2.81. The maximum Gasteiger partial charge on any atom is 0.156 e. The van der Waals surface area contributed by atoms with Gasteiger partial charge in [0.15, 0.2) is 5.78 Å². The summed E-state index contributed by atoms with van der Waals surface area (Å²) in [5, 5.41) is 3.30. The van der Waals surface area contributed by atoms with Gasteiger partial charge >= 0.3 is 0 Å². The van der Waals surface area contributed by atoms with E-state index in [1.807, 2.05) is 20.8 Å². The van der Waals surface area contributed by atoms with E-state index < -0.39 is 0 Å². The van der Waals surface area contributed by atoms with Gasteiger partial charge in [-0.3, -0.25) is 9.69 Å². The second-order valence-corrected chi connectivity index (χ2v) is 5.49. The lowest BCUT2D eigenvalue weighted by Crippen LogP contribution is -2.44. The van der Waals surface area contributed by atoms with Gasteiger partial charge in [0.2, 0.25) is 0 Å². The van der Waals surface area contributed by atoms with Gasteiger partial charge in [0.25, 0.3) is 0 Å². The molecule has 0 amide bonds. The summed E-state index contributed by atoms with van der Waals surface area (Å²) in [4.78, 5) is 14.5. The molecular formula is C11H20N2O. The van der Waals surface area contributed by atoms with Crippen molar-refractivity contribution in [1.82, 2.24) is 10.2 Å². The first-order valence-corrected chi connectivity index (χ1v) is 5.51. The van der Waals surface area contributed by atoms with Gasteiger partial charge in [0, 0.05) is 24.7 Å². The Morgan fingerprint density at radius 2 is 2.00 bits per heavy atom. The van der Waals surface area contributed by atoms with Crippen LogP contribution in [0.2, 0.25) is 0 Å². The van der Waals surface area contributed by atoms with Crippen LogP contribution in [0.1, 0.15) is 33.6 Å². The maximum absolute atomic E-state index is 12.1. The van der Waals surface area contributed by atoms with Crippen LogP contribution in [0.4, 0.5) is 0 Å². The van der Waals surface area contributed by atoms with Gasteiger partial charge in [0.05, 0.1) is 6.04 Å². The Labute approximate surface area is 85.8 Å². The van der Waals surface area contributed by atoms with Gasteiger partial charge in [-0.15, -0.1) is 0 Å². The van der Waals surface area contributed by atoms with Gasteiger partial charge in [-0.2, -0.15) is 0 Å². The summed E-state index contributed by atoms with van der Waals surface area (Å²) in [5.74, 6) is 0.384. The smallest absolute Gasteiger partial charge is 0.156 e. The summed E-state index contributed by atoms with van der Waals surface area (Å²) in [5.41, 5.74) is -0.205. The molecule has 1 saturated carbocycles. The van der Waals surface area contributed by atoms with Gasteiger partial charge < -0.3 is 5.32 Å². The number of carbonyl (C=O) groups is 1. The molecule has 0 aromatic heterocycles. The number of hydrogen-bond acceptors (Lipinski definition) is 3. The molecule has 1 heterocycles. The lowest BCUT2D eigenvalue weighted by Gasteiger charge is -2.27. The van der Waals surface area contributed by atoms with Crippen molar-refractivity contribution in [3.05, 3.63) is 0 Å². The second kappa shape index (κ2) is 3.31. The molecule has 2 fully saturated rings. The van der Waals surface area contributed by atoms with E-state index >= 15 is 0 Å². The predicted molar refractivity (Wildman–Crippen MR) is 56.0 cm³/mol. The fourth-order valence-corrected chi connectivity index (χ4v) is 2.09. The zero-order valence-electron chi connectivity index (χ0n) is 9.34. The van der Waals surface area contributed by atoms with Crippen molar-refractivity contribution in [2.24, 2.45) is 5.41 Å². The molecule has 3 nitrogen and oxygen atoms in total. The number of ketones is 1. The summed E-state index contributed by atoms with van der Waals surface area (Å²) in [6.45, 7) is 7.78. The zero-order valence-corrected chi connectivity index (χ0v) is 9.34. The van der Waals surface area contributed by atoms with Crippen LogP contribution in [-0.2, 0) is 4.79 Å². The molecular weight excluding hydrogens is 176 g/mol. The van der Waals surface area contributed by atoms with Crippen molar-refractivity contribution >= 4 is 5.78 Å². The zero-order chi connectivity index (χ0) is 10.3. The van der Waals surface area contributed by atoms with Crippen LogP contribution in [0.5, 0.6) is 0 Å². The maximum atomic E-state index is 12.1.